The molecule has 0 aliphatic rings. The lowest BCUT2D eigenvalue weighted by molar-refractivity contribution is 0.282. The van der Waals surface area contributed by atoms with Crippen LogP contribution in [0.3, 0.4) is 0 Å². The van der Waals surface area contributed by atoms with Crippen LogP contribution in [0.15, 0.2) is 12.2 Å². The second kappa shape index (κ2) is 19.0. The Bertz CT molecular complexity index is 144. The quantitative estimate of drug-likeness (QED) is 0.362. The van der Waals surface area contributed by atoms with Crippen molar-refractivity contribution in [1.29, 1.82) is 0 Å². The summed E-state index contributed by atoms with van der Waals surface area (Å²) in [6.07, 6.45) is 13.9. The van der Waals surface area contributed by atoms with Gasteiger partial charge >= 0.3 is 0 Å². The maximum absolute atomic E-state index is 8.47. The van der Waals surface area contributed by atoms with Gasteiger partial charge in [0.1, 0.15) is 0 Å². The van der Waals surface area contributed by atoms with Crippen LogP contribution in [0, 0.1) is 0 Å². The molecule has 1 heteroatoms. The van der Waals surface area contributed by atoms with Crippen molar-refractivity contribution in [2.45, 2.75) is 91.4 Å². The third-order valence-electron chi connectivity index (χ3n) is 3.15. The largest absolute Gasteiger partial charge is 0.396 e. The molecule has 0 bridgehead atoms. The molecule has 0 aromatic heterocycles. The normalized spacial score (nSPS) is 9.78. The predicted octanol–water partition coefficient (Wildman–Crippen LogP) is 5.87. The van der Waals surface area contributed by atoms with Gasteiger partial charge in [-0.3, -0.25) is 0 Å². The minimum Gasteiger partial charge on any atom is -0.396 e. The molecule has 0 saturated heterocycles. The van der Waals surface area contributed by atoms with Crippen molar-refractivity contribution in [2.24, 2.45) is 0 Å². The van der Waals surface area contributed by atoms with Crippen molar-refractivity contribution in [3.63, 3.8) is 0 Å². The molecule has 0 fully saturated rings. The fourth-order valence-corrected chi connectivity index (χ4v) is 1.67. The third kappa shape index (κ3) is 21.0. The van der Waals surface area contributed by atoms with E-state index < -0.39 is 0 Å². The smallest absolute Gasteiger partial charge is 0.0431 e. The molecule has 0 unspecified atom stereocenters. The van der Waals surface area contributed by atoms with Crippen LogP contribution >= 0.6 is 0 Å². The Labute approximate surface area is 116 Å². The zero-order valence-electron chi connectivity index (χ0n) is 13.1. The van der Waals surface area contributed by atoms with Crippen LogP contribution in [0.4, 0.5) is 0 Å². The molecular weight excluding hydrogens is 220 g/mol. The minimum atomic E-state index is 0.369. The van der Waals surface area contributed by atoms with Crippen LogP contribution in [0.2, 0.25) is 0 Å². The van der Waals surface area contributed by atoms with Crippen molar-refractivity contribution in [1.82, 2.24) is 0 Å². The highest BCUT2D eigenvalue weighted by molar-refractivity contribution is 4.91. The Kier molecular flexibility index (Phi) is 21.2. The van der Waals surface area contributed by atoms with E-state index in [0.717, 1.165) is 12.8 Å². The molecule has 1 nitrogen and oxygen atoms in total. The highest BCUT2D eigenvalue weighted by atomic mass is 16.2. The summed E-state index contributed by atoms with van der Waals surface area (Å²) in [5, 5.41) is 8.47. The monoisotopic (exact) mass is 256 g/mol. The molecule has 0 spiro atoms. The molecular formula is C17H36O. The Morgan fingerprint density at radius 2 is 1.28 bits per heavy atom. The summed E-state index contributed by atoms with van der Waals surface area (Å²) in [7, 11) is 0. The SMILES string of the molecule is C=C(CC)CCCC.CCCCCCCCCO. The zero-order valence-corrected chi connectivity index (χ0v) is 13.1. The summed E-state index contributed by atoms with van der Waals surface area (Å²) in [6, 6.07) is 0. The molecule has 0 aliphatic heterocycles. The van der Waals surface area contributed by atoms with Gasteiger partial charge in [-0.1, -0.05) is 77.9 Å². The van der Waals surface area contributed by atoms with Crippen LogP contribution in [0.25, 0.3) is 0 Å². The lowest BCUT2D eigenvalue weighted by atomic mass is 10.1. The Balaban J connectivity index is 0. The van der Waals surface area contributed by atoms with Crippen LogP contribution in [0.5, 0.6) is 0 Å². The Morgan fingerprint density at radius 3 is 1.72 bits per heavy atom. The predicted molar refractivity (Wildman–Crippen MR) is 84.0 cm³/mol. The number of aliphatic hydroxyl groups excluding tert-OH is 1. The second-order valence-electron chi connectivity index (χ2n) is 5.05. The van der Waals surface area contributed by atoms with E-state index in [4.69, 9.17) is 5.11 Å². The van der Waals surface area contributed by atoms with E-state index >= 15 is 0 Å². The molecule has 18 heavy (non-hydrogen) atoms. The first-order chi connectivity index (χ1) is 8.72. The Hall–Kier alpha value is -0.300. The van der Waals surface area contributed by atoms with Crippen molar-refractivity contribution >= 4 is 0 Å². The van der Waals surface area contributed by atoms with Gasteiger partial charge in [-0.25, -0.2) is 0 Å². The fraction of sp³-hybridized carbons (Fsp3) is 0.882. The van der Waals surface area contributed by atoms with Crippen molar-refractivity contribution < 1.29 is 5.11 Å². The number of rotatable bonds is 11. The standard InChI is InChI=1S/C9H20O.C8H16/c1-2-3-4-5-6-7-8-9-10;1-4-6-7-8(3)5-2/h10H,2-9H2,1H3;3-7H2,1-2H3. The molecule has 0 aromatic rings. The number of allylic oxidation sites excluding steroid dienone is 1. The van der Waals surface area contributed by atoms with Crippen molar-refractivity contribution in [3.8, 4) is 0 Å². The molecule has 0 saturated carbocycles. The fourth-order valence-electron chi connectivity index (χ4n) is 1.67. The van der Waals surface area contributed by atoms with Gasteiger partial charge in [-0.15, -0.1) is 0 Å². The lowest BCUT2D eigenvalue weighted by Gasteiger charge is -1.97. The maximum Gasteiger partial charge on any atom is 0.0431 e. The minimum absolute atomic E-state index is 0.369. The van der Waals surface area contributed by atoms with Crippen molar-refractivity contribution in [3.05, 3.63) is 12.2 Å². The summed E-state index contributed by atoms with van der Waals surface area (Å²) in [5.74, 6) is 0. The van der Waals surface area contributed by atoms with E-state index in [1.54, 1.807) is 0 Å². The van der Waals surface area contributed by atoms with Gasteiger partial charge in [0.25, 0.3) is 0 Å². The average molecular weight is 256 g/mol. The highest BCUT2D eigenvalue weighted by Crippen LogP contribution is 2.07. The number of aliphatic hydroxyl groups is 1. The van der Waals surface area contributed by atoms with Gasteiger partial charge in [-0.05, 0) is 25.7 Å². The van der Waals surface area contributed by atoms with E-state index in [-0.39, 0.29) is 0 Å². The number of hydrogen-bond donors (Lipinski definition) is 1. The van der Waals surface area contributed by atoms with Crippen LogP contribution in [0.1, 0.15) is 91.4 Å². The molecule has 0 rings (SSSR count). The maximum atomic E-state index is 8.47. The average Bonchev–Trinajstić information content (AvgIpc) is 2.40. The van der Waals surface area contributed by atoms with Crippen LogP contribution in [-0.4, -0.2) is 11.7 Å². The first-order valence-electron chi connectivity index (χ1n) is 8.00. The second-order valence-corrected chi connectivity index (χ2v) is 5.05. The molecule has 110 valence electrons. The van der Waals surface area contributed by atoms with Crippen LogP contribution < -0.4 is 0 Å². The highest BCUT2D eigenvalue weighted by Gasteiger charge is 1.88. The third-order valence-corrected chi connectivity index (χ3v) is 3.15. The molecule has 0 heterocycles. The lowest BCUT2D eigenvalue weighted by Crippen LogP contribution is -1.83. The van der Waals surface area contributed by atoms with Gasteiger partial charge in [0.05, 0.1) is 0 Å². The molecule has 0 aromatic carbocycles. The summed E-state index contributed by atoms with van der Waals surface area (Å²) >= 11 is 0. The molecule has 0 amide bonds. The number of unbranched alkanes of at least 4 members (excludes halogenated alkanes) is 7. The topological polar surface area (TPSA) is 20.2 Å². The van der Waals surface area contributed by atoms with Gasteiger partial charge < -0.3 is 5.11 Å². The van der Waals surface area contributed by atoms with Gasteiger partial charge in [0.15, 0.2) is 0 Å². The van der Waals surface area contributed by atoms with Gasteiger partial charge in [0, 0.05) is 6.61 Å². The Morgan fingerprint density at radius 1 is 0.778 bits per heavy atom. The molecule has 0 atom stereocenters. The van der Waals surface area contributed by atoms with E-state index in [9.17, 15) is 0 Å². The summed E-state index contributed by atoms with van der Waals surface area (Å²) in [4.78, 5) is 0. The van der Waals surface area contributed by atoms with Crippen LogP contribution in [-0.2, 0) is 0 Å². The van der Waals surface area contributed by atoms with Crippen molar-refractivity contribution in [2.75, 3.05) is 6.61 Å². The first-order valence-corrected chi connectivity index (χ1v) is 8.00. The van der Waals surface area contributed by atoms with E-state index in [1.165, 1.54) is 63.4 Å². The molecule has 0 aliphatic carbocycles. The summed E-state index contributed by atoms with van der Waals surface area (Å²) in [6.45, 7) is 10.9. The van der Waals surface area contributed by atoms with Gasteiger partial charge in [0.2, 0.25) is 0 Å². The molecule has 1 N–H and O–H groups in total. The zero-order chi connectivity index (χ0) is 14.1. The van der Waals surface area contributed by atoms with E-state index in [2.05, 4.69) is 27.4 Å². The molecule has 0 radical (unpaired) electrons. The van der Waals surface area contributed by atoms with E-state index in [1.807, 2.05) is 0 Å². The van der Waals surface area contributed by atoms with Gasteiger partial charge in [-0.2, -0.15) is 0 Å². The van der Waals surface area contributed by atoms with E-state index in [0.29, 0.717) is 6.61 Å². The summed E-state index contributed by atoms with van der Waals surface area (Å²) in [5.41, 5.74) is 1.40. The first kappa shape index (κ1) is 20.0. The number of hydrogen-bond acceptors (Lipinski definition) is 1. The summed E-state index contributed by atoms with van der Waals surface area (Å²) < 4.78 is 0.